The minimum Gasteiger partial charge on any atom is -0.419 e. The van der Waals surface area contributed by atoms with E-state index in [1.165, 1.54) is 0 Å². The zero-order valence-electron chi connectivity index (χ0n) is 10.0. The molecule has 18 heavy (non-hydrogen) atoms. The van der Waals surface area contributed by atoms with Crippen molar-refractivity contribution in [3.63, 3.8) is 0 Å². The monoisotopic (exact) mass is 238 g/mol. The van der Waals surface area contributed by atoms with Gasteiger partial charge in [-0.25, -0.2) is 4.79 Å². The normalized spacial score (nSPS) is 10.9. The maximum Gasteiger partial charge on any atom is 0.354 e. The molecule has 4 nitrogen and oxygen atoms in total. The third kappa shape index (κ3) is 1.28. The first-order valence-corrected chi connectivity index (χ1v) is 5.55. The summed E-state index contributed by atoms with van der Waals surface area (Å²) in [4.78, 5) is 11.6. The molecule has 4 heteroatoms. The fraction of sp³-hybridized carbons (Fsp3) is 0.143. The Hall–Kier alpha value is -2.54. The number of fused-ring (bicyclic) bond motifs is 3. The summed E-state index contributed by atoms with van der Waals surface area (Å²) in [5.41, 5.74) is 2.83. The van der Waals surface area contributed by atoms with Gasteiger partial charge in [0.15, 0.2) is 5.58 Å². The van der Waals surface area contributed by atoms with Crippen LogP contribution in [0.4, 0.5) is 0 Å². The fourth-order valence-electron chi connectivity index (χ4n) is 2.24. The highest BCUT2D eigenvalue weighted by Gasteiger charge is 2.13. The zero-order valence-corrected chi connectivity index (χ0v) is 10.0. The molecule has 0 radical (unpaired) electrons. The predicted octanol–water partition coefficient (Wildman–Crippen LogP) is 2.46. The van der Waals surface area contributed by atoms with Gasteiger partial charge in [-0.3, -0.25) is 0 Å². The van der Waals surface area contributed by atoms with Gasteiger partial charge < -0.3 is 8.98 Å². The van der Waals surface area contributed by atoms with Crippen molar-refractivity contribution in [1.82, 2.24) is 4.57 Å². The molecule has 0 aliphatic carbocycles. The molecule has 0 spiro atoms. The smallest absolute Gasteiger partial charge is 0.354 e. The number of nitrogens with zero attached hydrogens (tertiary/aromatic N) is 2. The lowest BCUT2D eigenvalue weighted by Gasteiger charge is -1.96. The van der Waals surface area contributed by atoms with Gasteiger partial charge in [-0.2, -0.15) is 5.26 Å². The Morgan fingerprint density at radius 3 is 2.78 bits per heavy atom. The van der Waals surface area contributed by atoms with Crippen molar-refractivity contribution in [3.8, 4) is 6.07 Å². The largest absolute Gasteiger partial charge is 0.419 e. The van der Waals surface area contributed by atoms with Gasteiger partial charge in [-0.1, -0.05) is 11.6 Å². The van der Waals surface area contributed by atoms with Gasteiger partial charge in [0.1, 0.15) is 11.6 Å². The summed E-state index contributed by atoms with van der Waals surface area (Å²) in [5, 5.41) is 9.77. The molecule has 3 rings (SSSR count). The van der Waals surface area contributed by atoms with Gasteiger partial charge in [0.05, 0.1) is 11.0 Å². The SMILES string of the molecule is Cc1ccc2c(c1)c1oc(=O)c(C#N)cc1n2C. The summed E-state index contributed by atoms with van der Waals surface area (Å²) in [7, 11) is 1.89. The van der Waals surface area contributed by atoms with Crippen LogP contribution in [0.5, 0.6) is 0 Å². The Morgan fingerprint density at radius 2 is 2.06 bits per heavy atom. The Morgan fingerprint density at radius 1 is 1.28 bits per heavy atom. The molecular formula is C14H10N2O2. The Kier molecular flexibility index (Phi) is 2.05. The zero-order chi connectivity index (χ0) is 12.9. The number of nitriles is 1. The van der Waals surface area contributed by atoms with Crippen LogP contribution in [0, 0.1) is 18.3 Å². The molecule has 0 aliphatic heterocycles. The van der Waals surface area contributed by atoms with Gasteiger partial charge in [0.25, 0.3) is 0 Å². The topological polar surface area (TPSA) is 58.9 Å². The number of rotatable bonds is 0. The second-order valence-corrected chi connectivity index (χ2v) is 4.35. The maximum absolute atomic E-state index is 11.6. The molecular weight excluding hydrogens is 228 g/mol. The van der Waals surface area contributed by atoms with Crippen LogP contribution >= 0.6 is 0 Å². The highest BCUT2D eigenvalue weighted by atomic mass is 16.4. The van der Waals surface area contributed by atoms with Crippen molar-refractivity contribution >= 4 is 22.0 Å². The average Bonchev–Trinajstić information content (AvgIpc) is 2.61. The van der Waals surface area contributed by atoms with Gasteiger partial charge in [0, 0.05) is 12.4 Å². The van der Waals surface area contributed by atoms with Crippen molar-refractivity contribution in [1.29, 1.82) is 5.26 Å². The number of benzene rings is 1. The van der Waals surface area contributed by atoms with Crippen LogP contribution < -0.4 is 5.63 Å². The lowest BCUT2D eigenvalue weighted by molar-refractivity contribution is 0.561. The molecule has 0 N–H and O–H groups in total. The molecule has 0 saturated carbocycles. The third-order valence-electron chi connectivity index (χ3n) is 3.17. The number of aryl methyl sites for hydroxylation is 2. The van der Waals surface area contributed by atoms with Crippen LogP contribution in [-0.4, -0.2) is 4.57 Å². The Balaban J connectivity index is 2.61. The molecule has 0 amide bonds. The quantitative estimate of drug-likeness (QED) is 0.604. The summed E-state index contributed by atoms with van der Waals surface area (Å²) in [6, 6.07) is 9.40. The molecule has 2 aromatic heterocycles. The summed E-state index contributed by atoms with van der Waals surface area (Å²) in [6.45, 7) is 1.99. The first-order valence-electron chi connectivity index (χ1n) is 5.55. The molecule has 0 fully saturated rings. The molecule has 88 valence electrons. The van der Waals surface area contributed by atoms with E-state index in [1.54, 1.807) is 6.07 Å². The van der Waals surface area contributed by atoms with E-state index in [2.05, 4.69) is 0 Å². The summed E-state index contributed by atoms with van der Waals surface area (Å²) in [6.07, 6.45) is 0. The van der Waals surface area contributed by atoms with Gasteiger partial charge in [-0.05, 0) is 25.1 Å². The molecule has 0 unspecified atom stereocenters. The van der Waals surface area contributed by atoms with Crippen molar-refractivity contribution in [3.05, 3.63) is 45.8 Å². The fourth-order valence-corrected chi connectivity index (χ4v) is 2.24. The molecule has 2 heterocycles. The van der Waals surface area contributed by atoms with Crippen molar-refractivity contribution in [2.24, 2.45) is 7.05 Å². The minimum absolute atomic E-state index is 0.0325. The minimum atomic E-state index is -0.584. The van der Waals surface area contributed by atoms with E-state index in [1.807, 2.05) is 42.8 Å². The molecule has 0 saturated heterocycles. The first kappa shape index (κ1) is 10.6. The number of aromatic nitrogens is 1. The summed E-state index contributed by atoms with van der Waals surface area (Å²) >= 11 is 0. The van der Waals surface area contributed by atoms with Crippen LogP contribution in [0.15, 0.2) is 33.5 Å². The molecule has 0 atom stereocenters. The van der Waals surface area contributed by atoms with E-state index >= 15 is 0 Å². The van der Waals surface area contributed by atoms with E-state index in [9.17, 15) is 4.79 Å². The average molecular weight is 238 g/mol. The van der Waals surface area contributed by atoms with Crippen LogP contribution in [0.1, 0.15) is 11.1 Å². The highest BCUT2D eigenvalue weighted by Crippen LogP contribution is 2.28. The van der Waals surface area contributed by atoms with Crippen LogP contribution in [0.2, 0.25) is 0 Å². The lowest BCUT2D eigenvalue weighted by Crippen LogP contribution is -2.03. The van der Waals surface area contributed by atoms with E-state index in [4.69, 9.17) is 9.68 Å². The van der Waals surface area contributed by atoms with E-state index < -0.39 is 5.63 Å². The Labute approximate surface area is 103 Å². The van der Waals surface area contributed by atoms with E-state index in [0.717, 1.165) is 22.0 Å². The van der Waals surface area contributed by atoms with Gasteiger partial charge in [-0.15, -0.1) is 0 Å². The highest BCUT2D eigenvalue weighted by molar-refractivity contribution is 6.04. The van der Waals surface area contributed by atoms with Crippen molar-refractivity contribution in [2.75, 3.05) is 0 Å². The van der Waals surface area contributed by atoms with E-state index in [0.29, 0.717) is 5.58 Å². The lowest BCUT2D eigenvalue weighted by atomic mass is 10.1. The van der Waals surface area contributed by atoms with Gasteiger partial charge in [0.2, 0.25) is 0 Å². The third-order valence-corrected chi connectivity index (χ3v) is 3.17. The standard InChI is InChI=1S/C14H10N2O2/c1-8-3-4-11-10(5-8)13-12(16(11)2)6-9(7-15)14(17)18-13/h3-6H,1-2H3. The first-order chi connectivity index (χ1) is 8.61. The number of hydrogen-bond donors (Lipinski definition) is 0. The molecule has 3 aromatic rings. The Bertz CT molecular complexity index is 879. The van der Waals surface area contributed by atoms with Crippen LogP contribution in [-0.2, 0) is 7.05 Å². The van der Waals surface area contributed by atoms with Gasteiger partial charge >= 0.3 is 5.63 Å². The second-order valence-electron chi connectivity index (χ2n) is 4.35. The predicted molar refractivity (Wildman–Crippen MR) is 68.4 cm³/mol. The summed E-state index contributed by atoms with van der Waals surface area (Å²) in [5.74, 6) is 0. The molecule has 0 aliphatic rings. The molecule has 0 bridgehead atoms. The summed E-state index contributed by atoms with van der Waals surface area (Å²) < 4.78 is 7.20. The van der Waals surface area contributed by atoms with Crippen LogP contribution in [0.25, 0.3) is 22.0 Å². The number of hydrogen-bond acceptors (Lipinski definition) is 3. The van der Waals surface area contributed by atoms with Crippen molar-refractivity contribution < 1.29 is 4.42 Å². The van der Waals surface area contributed by atoms with Crippen molar-refractivity contribution in [2.45, 2.75) is 6.92 Å². The second kappa shape index (κ2) is 3.47. The molecule has 1 aromatic carbocycles. The van der Waals surface area contributed by atoms with E-state index in [-0.39, 0.29) is 5.56 Å². The van der Waals surface area contributed by atoms with Crippen LogP contribution in [0.3, 0.4) is 0 Å². The maximum atomic E-state index is 11.6.